The molecule has 11 heteroatoms. The van der Waals surface area contributed by atoms with Crippen LogP contribution in [0.1, 0.15) is 27.2 Å². The number of aromatic nitrogens is 1. The summed E-state index contributed by atoms with van der Waals surface area (Å²) in [5.74, 6) is -1.17. The van der Waals surface area contributed by atoms with Gasteiger partial charge in [0.05, 0.1) is 10.6 Å². The Morgan fingerprint density at radius 2 is 1.70 bits per heavy atom. The molecule has 8 nitrogen and oxygen atoms in total. The second kappa shape index (κ2) is 13.4. The molecule has 5 rings (SSSR count). The van der Waals surface area contributed by atoms with Gasteiger partial charge in [0.2, 0.25) is 0 Å². The number of rotatable bonds is 8. The Hall–Kier alpha value is -4.28. The highest BCUT2D eigenvalue weighted by atomic mass is 35.5. The van der Waals surface area contributed by atoms with Gasteiger partial charge in [-0.2, -0.15) is 0 Å². The zero-order chi connectivity index (χ0) is 30.5. The van der Waals surface area contributed by atoms with Crippen molar-refractivity contribution in [1.29, 1.82) is 0 Å². The molecule has 0 bridgehead atoms. The van der Waals surface area contributed by atoms with E-state index in [1.54, 1.807) is 28.9 Å². The van der Waals surface area contributed by atoms with Crippen LogP contribution in [0.25, 0.3) is 11.3 Å². The maximum absolute atomic E-state index is 14.8. The van der Waals surface area contributed by atoms with Crippen LogP contribution in [0.5, 0.6) is 0 Å². The molecule has 0 atom stereocenters. The van der Waals surface area contributed by atoms with Crippen LogP contribution in [-0.4, -0.2) is 71.1 Å². The predicted octanol–water partition coefficient (Wildman–Crippen LogP) is 6.38. The van der Waals surface area contributed by atoms with Gasteiger partial charge in [0.15, 0.2) is 0 Å². The monoisotopic (exact) mass is 607 g/mol. The van der Waals surface area contributed by atoms with Crippen molar-refractivity contribution >= 4 is 29.2 Å². The van der Waals surface area contributed by atoms with Crippen LogP contribution in [0, 0.1) is 25.5 Å². The number of benzene rings is 3. The highest BCUT2D eigenvalue weighted by molar-refractivity contribution is 6.33. The molecule has 4 aromatic rings. The SMILES string of the molecule is Cc1ccccc1NC(=O)N1CCN(CCN(Cc2ccc(F)cc2)C(=O)c2c(-c3c(F)cccc3Cl)noc2C)CC1. The molecule has 1 aliphatic rings. The minimum Gasteiger partial charge on any atom is -0.360 e. The molecule has 1 saturated heterocycles. The van der Waals surface area contributed by atoms with E-state index in [2.05, 4.69) is 15.4 Å². The number of nitrogens with zero attached hydrogens (tertiary/aromatic N) is 4. The fraction of sp³-hybridized carbons (Fsp3) is 0.281. The quantitative estimate of drug-likeness (QED) is 0.251. The summed E-state index contributed by atoms with van der Waals surface area (Å²) in [6.45, 7) is 6.89. The fourth-order valence-corrected chi connectivity index (χ4v) is 5.34. The largest absolute Gasteiger partial charge is 0.360 e. The van der Waals surface area contributed by atoms with Gasteiger partial charge in [-0.25, -0.2) is 13.6 Å². The van der Waals surface area contributed by atoms with Gasteiger partial charge in [0, 0.05) is 51.5 Å². The Morgan fingerprint density at radius 3 is 2.40 bits per heavy atom. The smallest absolute Gasteiger partial charge is 0.321 e. The number of hydrogen-bond donors (Lipinski definition) is 1. The van der Waals surface area contributed by atoms with Crippen molar-refractivity contribution in [3.05, 3.63) is 106 Å². The molecular weight excluding hydrogens is 576 g/mol. The minimum atomic E-state index is -0.621. The lowest BCUT2D eigenvalue weighted by Crippen LogP contribution is -2.51. The molecule has 43 heavy (non-hydrogen) atoms. The summed E-state index contributed by atoms with van der Waals surface area (Å²) < 4.78 is 33.8. The number of piperazine rings is 1. The zero-order valence-corrected chi connectivity index (χ0v) is 24.7. The van der Waals surface area contributed by atoms with Crippen molar-refractivity contribution in [3.8, 4) is 11.3 Å². The Balaban J connectivity index is 1.29. The van der Waals surface area contributed by atoms with Crippen molar-refractivity contribution < 1.29 is 22.9 Å². The molecule has 224 valence electrons. The molecule has 1 aliphatic heterocycles. The molecule has 1 fully saturated rings. The number of carbonyl (C=O) groups excluding carboxylic acids is 2. The van der Waals surface area contributed by atoms with Crippen molar-refractivity contribution in [2.24, 2.45) is 0 Å². The maximum atomic E-state index is 14.8. The predicted molar refractivity (Wildman–Crippen MR) is 161 cm³/mol. The number of halogens is 3. The lowest BCUT2D eigenvalue weighted by atomic mass is 10.0. The molecule has 1 aromatic heterocycles. The third-order valence-corrected chi connectivity index (χ3v) is 7.90. The van der Waals surface area contributed by atoms with Gasteiger partial charge in [-0.3, -0.25) is 9.69 Å². The number of aryl methyl sites for hydroxylation is 2. The Bertz CT molecular complexity index is 1580. The Morgan fingerprint density at radius 1 is 0.977 bits per heavy atom. The number of anilines is 1. The molecule has 0 aliphatic carbocycles. The van der Waals surface area contributed by atoms with Gasteiger partial charge >= 0.3 is 6.03 Å². The van der Waals surface area contributed by atoms with Crippen LogP contribution in [0.3, 0.4) is 0 Å². The first-order valence-electron chi connectivity index (χ1n) is 14.0. The lowest BCUT2D eigenvalue weighted by molar-refractivity contribution is 0.0703. The van der Waals surface area contributed by atoms with Crippen molar-refractivity contribution in [3.63, 3.8) is 0 Å². The van der Waals surface area contributed by atoms with Gasteiger partial charge in [0.1, 0.15) is 28.7 Å². The van der Waals surface area contributed by atoms with Crippen LogP contribution in [0.15, 0.2) is 71.3 Å². The van der Waals surface area contributed by atoms with Gasteiger partial charge in [-0.15, -0.1) is 0 Å². The normalized spacial score (nSPS) is 13.7. The Labute approximate surface area is 253 Å². The summed E-state index contributed by atoms with van der Waals surface area (Å²) in [7, 11) is 0. The molecule has 0 radical (unpaired) electrons. The molecule has 3 amide bonds. The van der Waals surface area contributed by atoms with E-state index in [1.807, 2.05) is 31.2 Å². The molecule has 0 spiro atoms. The third kappa shape index (κ3) is 7.03. The highest BCUT2D eigenvalue weighted by Crippen LogP contribution is 2.34. The van der Waals surface area contributed by atoms with E-state index in [0.717, 1.165) is 16.8 Å². The molecular formula is C32H32ClF2N5O3. The zero-order valence-electron chi connectivity index (χ0n) is 23.9. The average molecular weight is 608 g/mol. The highest BCUT2D eigenvalue weighted by Gasteiger charge is 2.30. The van der Waals surface area contributed by atoms with Crippen LogP contribution in [0.2, 0.25) is 5.02 Å². The van der Waals surface area contributed by atoms with Crippen LogP contribution >= 0.6 is 11.6 Å². The summed E-state index contributed by atoms with van der Waals surface area (Å²) in [6, 6.07) is 17.7. The summed E-state index contributed by atoms with van der Waals surface area (Å²) in [5.41, 5.74) is 2.64. The number of carbonyl (C=O) groups is 2. The van der Waals surface area contributed by atoms with E-state index in [1.165, 1.54) is 30.3 Å². The van der Waals surface area contributed by atoms with Crippen LogP contribution < -0.4 is 5.32 Å². The van der Waals surface area contributed by atoms with Crippen LogP contribution in [-0.2, 0) is 6.54 Å². The van der Waals surface area contributed by atoms with Crippen molar-refractivity contribution in [2.45, 2.75) is 20.4 Å². The molecule has 1 N–H and O–H groups in total. The van der Waals surface area contributed by atoms with E-state index in [9.17, 15) is 18.4 Å². The number of urea groups is 1. The van der Waals surface area contributed by atoms with Gasteiger partial charge in [-0.05, 0) is 55.3 Å². The van der Waals surface area contributed by atoms with E-state index in [-0.39, 0.29) is 46.0 Å². The first-order valence-corrected chi connectivity index (χ1v) is 14.4. The van der Waals surface area contributed by atoms with Crippen molar-refractivity contribution in [1.82, 2.24) is 19.9 Å². The average Bonchev–Trinajstić information content (AvgIpc) is 3.37. The molecule has 0 saturated carbocycles. The first-order chi connectivity index (χ1) is 20.7. The first kappa shape index (κ1) is 30.2. The van der Waals surface area contributed by atoms with E-state index < -0.39 is 11.7 Å². The molecule has 0 unspecified atom stereocenters. The summed E-state index contributed by atoms with van der Waals surface area (Å²) in [5, 5.41) is 7.07. The van der Waals surface area contributed by atoms with Gasteiger partial charge in [0.25, 0.3) is 5.91 Å². The Kier molecular flexibility index (Phi) is 9.37. The standard InChI is InChI=1S/C32H32ClF2N5O3/c1-21-6-3-4-9-27(21)36-32(42)39-17-14-38(15-18-39)16-19-40(20-23-10-12-24(34)13-11-23)31(41)28-22(2)43-37-30(28)29-25(33)7-5-8-26(29)35/h3-13H,14-20H2,1-2H3,(H,36,42). The summed E-state index contributed by atoms with van der Waals surface area (Å²) in [6.07, 6.45) is 0. The van der Waals surface area contributed by atoms with Gasteiger partial charge in [-0.1, -0.05) is 53.2 Å². The minimum absolute atomic E-state index is 0.00815. The lowest BCUT2D eigenvalue weighted by Gasteiger charge is -2.36. The number of hydrogen-bond acceptors (Lipinski definition) is 5. The van der Waals surface area contributed by atoms with E-state index >= 15 is 0 Å². The number of nitrogens with one attached hydrogen (secondary N) is 1. The maximum Gasteiger partial charge on any atom is 0.321 e. The van der Waals surface area contributed by atoms with Crippen LogP contribution in [0.4, 0.5) is 19.3 Å². The van der Waals surface area contributed by atoms with Crippen molar-refractivity contribution in [2.75, 3.05) is 44.6 Å². The molecule has 2 heterocycles. The van der Waals surface area contributed by atoms with E-state index in [4.69, 9.17) is 16.1 Å². The summed E-state index contributed by atoms with van der Waals surface area (Å²) >= 11 is 6.30. The molecule has 3 aromatic carbocycles. The summed E-state index contributed by atoms with van der Waals surface area (Å²) in [4.78, 5) is 32.4. The second-order valence-corrected chi connectivity index (χ2v) is 10.9. The topological polar surface area (TPSA) is 81.9 Å². The number of amides is 3. The number of para-hydroxylation sites is 1. The second-order valence-electron chi connectivity index (χ2n) is 10.5. The fourth-order valence-electron chi connectivity index (χ4n) is 5.08. The van der Waals surface area contributed by atoms with E-state index in [0.29, 0.717) is 39.3 Å². The van der Waals surface area contributed by atoms with Gasteiger partial charge < -0.3 is 19.6 Å². The third-order valence-electron chi connectivity index (χ3n) is 7.58.